The second kappa shape index (κ2) is 8.68. The molecular formula is C19H13Cl2NO5S. The van der Waals surface area contributed by atoms with E-state index in [1.807, 2.05) is 0 Å². The van der Waals surface area contributed by atoms with Gasteiger partial charge in [0.25, 0.3) is 11.1 Å². The highest BCUT2D eigenvalue weighted by atomic mass is 35.5. The summed E-state index contributed by atoms with van der Waals surface area (Å²) in [5.41, 5.74) is 0.699. The van der Waals surface area contributed by atoms with Crippen molar-refractivity contribution in [3.8, 4) is 11.5 Å². The Labute approximate surface area is 174 Å². The van der Waals surface area contributed by atoms with Crippen molar-refractivity contribution in [3.05, 3.63) is 62.5 Å². The molecule has 0 saturated carbocycles. The van der Waals surface area contributed by atoms with Gasteiger partial charge >= 0.3 is 5.97 Å². The Bertz CT molecular complexity index is 1010. The summed E-state index contributed by atoms with van der Waals surface area (Å²) in [5.74, 6) is -0.915. The van der Waals surface area contributed by atoms with Crippen LogP contribution in [0.2, 0.25) is 10.0 Å². The summed E-state index contributed by atoms with van der Waals surface area (Å²) in [6.45, 7) is 2.05. The molecule has 9 heteroatoms. The third kappa shape index (κ3) is 4.49. The smallest absolute Gasteiger partial charge is 0.345 e. The van der Waals surface area contributed by atoms with Gasteiger partial charge in [0.15, 0.2) is 11.5 Å². The van der Waals surface area contributed by atoms with Crippen LogP contribution in [0.1, 0.15) is 22.8 Å². The Hall–Kier alpha value is -2.48. The number of nitrogens with one attached hydrogen (secondary N) is 1. The molecule has 0 radical (unpaired) electrons. The summed E-state index contributed by atoms with van der Waals surface area (Å²) in [7, 11) is 0. The minimum absolute atomic E-state index is 0.0372. The minimum atomic E-state index is -0.684. The van der Waals surface area contributed by atoms with Crippen molar-refractivity contribution in [1.82, 2.24) is 5.32 Å². The van der Waals surface area contributed by atoms with Crippen LogP contribution in [0.3, 0.4) is 0 Å². The van der Waals surface area contributed by atoms with Gasteiger partial charge in [-0.1, -0.05) is 35.3 Å². The van der Waals surface area contributed by atoms with Crippen LogP contribution in [0, 0.1) is 0 Å². The minimum Gasteiger partial charge on any atom is -0.490 e. The summed E-state index contributed by atoms with van der Waals surface area (Å²) in [6.07, 6.45) is 1.50. The van der Waals surface area contributed by atoms with Crippen LogP contribution in [0.25, 0.3) is 6.08 Å². The van der Waals surface area contributed by atoms with Crippen molar-refractivity contribution in [2.75, 3.05) is 6.61 Å². The number of carbonyl (C=O) groups excluding carboxylic acids is 3. The number of hydrogen-bond acceptors (Lipinski definition) is 6. The Kier molecular flexibility index (Phi) is 6.28. The summed E-state index contributed by atoms with van der Waals surface area (Å²) >= 11 is 13.1. The maximum atomic E-state index is 12.5. The molecule has 2 amide bonds. The van der Waals surface area contributed by atoms with Crippen molar-refractivity contribution in [1.29, 1.82) is 0 Å². The first-order chi connectivity index (χ1) is 13.4. The Morgan fingerprint density at radius 2 is 1.93 bits per heavy atom. The van der Waals surface area contributed by atoms with E-state index in [2.05, 4.69) is 5.32 Å². The van der Waals surface area contributed by atoms with E-state index in [-0.39, 0.29) is 32.0 Å². The van der Waals surface area contributed by atoms with Gasteiger partial charge in [-0.15, -0.1) is 0 Å². The molecule has 1 aliphatic rings. The Morgan fingerprint density at radius 1 is 1.18 bits per heavy atom. The van der Waals surface area contributed by atoms with Crippen molar-refractivity contribution < 1.29 is 23.9 Å². The quantitative estimate of drug-likeness (QED) is 0.405. The van der Waals surface area contributed by atoms with Crippen LogP contribution < -0.4 is 14.8 Å². The molecule has 28 heavy (non-hydrogen) atoms. The lowest BCUT2D eigenvalue weighted by atomic mass is 10.1. The normalized spacial score (nSPS) is 14.9. The van der Waals surface area contributed by atoms with E-state index >= 15 is 0 Å². The fourth-order valence-corrected chi connectivity index (χ4v) is 3.53. The van der Waals surface area contributed by atoms with E-state index in [0.717, 1.165) is 11.8 Å². The number of ether oxygens (including phenoxy) is 2. The lowest BCUT2D eigenvalue weighted by molar-refractivity contribution is -0.115. The van der Waals surface area contributed by atoms with E-state index in [0.29, 0.717) is 12.2 Å². The van der Waals surface area contributed by atoms with Gasteiger partial charge in [-0.2, -0.15) is 0 Å². The topological polar surface area (TPSA) is 81.7 Å². The zero-order chi connectivity index (χ0) is 20.3. The molecule has 1 fully saturated rings. The monoisotopic (exact) mass is 437 g/mol. The van der Waals surface area contributed by atoms with E-state index in [1.54, 1.807) is 31.2 Å². The molecule has 1 N–H and O–H groups in total. The van der Waals surface area contributed by atoms with E-state index in [9.17, 15) is 14.4 Å². The second-order valence-corrected chi connectivity index (χ2v) is 7.31. The zero-order valence-electron chi connectivity index (χ0n) is 14.5. The molecule has 2 aromatic rings. The van der Waals surface area contributed by atoms with Gasteiger partial charge in [0.2, 0.25) is 0 Å². The molecule has 3 rings (SSSR count). The predicted molar refractivity (Wildman–Crippen MR) is 108 cm³/mol. The van der Waals surface area contributed by atoms with Gasteiger partial charge in [0.1, 0.15) is 0 Å². The summed E-state index contributed by atoms with van der Waals surface area (Å²) in [6, 6.07) is 9.53. The van der Waals surface area contributed by atoms with Crippen LogP contribution in [0.15, 0.2) is 41.3 Å². The largest absolute Gasteiger partial charge is 0.490 e. The second-order valence-electron chi connectivity index (χ2n) is 5.48. The third-order valence-electron chi connectivity index (χ3n) is 3.56. The Balaban J connectivity index is 1.95. The highest BCUT2D eigenvalue weighted by molar-refractivity contribution is 8.18. The van der Waals surface area contributed by atoms with Crippen LogP contribution in [-0.4, -0.2) is 23.7 Å². The van der Waals surface area contributed by atoms with Gasteiger partial charge < -0.3 is 9.47 Å². The predicted octanol–water partition coefficient (Wildman–Crippen LogP) is 4.94. The van der Waals surface area contributed by atoms with Crippen molar-refractivity contribution in [2.24, 2.45) is 0 Å². The molecule has 144 valence electrons. The molecule has 2 aromatic carbocycles. The molecule has 0 aliphatic carbocycles. The zero-order valence-corrected chi connectivity index (χ0v) is 16.8. The number of carbonyl (C=O) groups is 3. The Morgan fingerprint density at radius 3 is 2.57 bits per heavy atom. The number of esters is 1. The number of amides is 2. The number of hydrogen-bond donors (Lipinski definition) is 1. The summed E-state index contributed by atoms with van der Waals surface area (Å²) in [4.78, 5) is 35.7. The maximum absolute atomic E-state index is 12.5. The van der Waals surface area contributed by atoms with Gasteiger partial charge in [0, 0.05) is 0 Å². The highest BCUT2D eigenvalue weighted by Gasteiger charge is 2.25. The SMILES string of the molecule is CCOc1cc(/C=C2\SC(=O)NC2=O)cc(Cl)c1OC(=O)c1ccccc1Cl. The van der Waals surface area contributed by atoms with Crippen LogP contribution in [-0.2, 0) is 4.79 Å². The van der Waals surface area contributed by atoms with Gasteiger partial charge in [-0.25, -0.2) is 4.79 Å². The van der Waals surface area contributed by atoms with E-state index in [4.69, 9.17) is 32.7 Å². The van der Waals surface area contributed by atoms with Gasteiger partial charge in [0.05, 0.1) is 27.1 Å². The van der Waals surface area contributed by atoms with Gasteiger partial charge in [-0.05, 0) is 54.6 Å². The summed E-state index contributed by atoms with van der Waals surface area (Å²) in [5, 5.41) is 2.08. The van der Waals surface area contributed by atoms with Crippen LogP contribution >= 0.6 is 35.0 Å². The van der Waals surface area contributed by atoms with Crippen molar-refractivity contribution in [2.45, 2.75) is 6.92 Å². The summed E-state index contributed by atoms with van der Waals surface area (Å²) < 4.78 is 11.0. The fraction of sp³-hybridized carbons (Fsp3) is 0.105. The molecule has 0 atom stereocenters. The van der Waals surface area contributed by atoms with E-state index in [1.165, 1.54) is 18.2 Å². The number of imide groups is 1. The number of thioether (sulfide) groups is 1. The number of halogens is 2. The molecule has 0 aromatic heterocycles. The average molecular weight is 438 g/mol. The first-order valence-corrected chi connectivity index (χ1v) is 9.64. The standard InChI is InChI=1S/C19H13Cl2NO5S/c1-2-26-14-8-10(9-15-17(23)22-19(25)28-15)7-13(21)16(14)27-18(24)11-5-3-4-6-12(11)20/h3-9H,2H2,1H3,(H,22,23,25)/b15-9-. The fourth-order valence-electron chi connectivity index (χ4n) is 2.38. The molecule has 0 unspecified atom stereocenters. The molecule has 0 spiro atoms. The van der Waals surface area contributed by atoms with Gasteiger partial charge in [-0.3, -0.25) is 14.9 Å². The number of benzene rings is 2. The van der Waals surface area contributed by atoms with Crippen LogP contribution in [0.5, 0.6) is 11.5 Å². The molecule has 1 aliphatic heterocycles. The van der Waals surface area contributed by atoms with E-state index < -0.39 is 17.1 Å². The molecule has 6 nitrogen and oxygen atoms in total. The first-order valence-electron chi connectivity index (χ1n) is 8.07. The lowest BCUT2D eigenvalue weighted by Gasteiger charge is -2.14. The average Bonchev–Trinajstić information content (AvgIpc) is 2.95. The first kappa shape index (κ1) is 20.3. The maximum Gasteiger partial charge on any atom is 0.345 e. The molecule has 1 saturated heterocycles. The lowest BCUT2D eigenvalue weighted by Crippen LogP contribution is -2.17. The molecule has 0 bridgehead atoms. The molecule has 1 heterocycles. The molecular weight excluding hydrogens is 425 g/mol. The van der Waals surface area contributed by atoms with Crippen LogP contribution in [0.4, 0.5) is 4.79 Å². The number of rotatable bonds is 5. The van der Waals surface area contributed by atoms with Crippen molar-refractivity contribution in [3.63, 3.8) is 0 Å². The highest BCUT2D eigenvalue weighted by Crippen LogP contribution is 2.39. The van der Waals surface area contributed by atoms with Crippen molar-refractivity contribution >= 4 is 58.2 Å². The third-order valence-corrected chi connectivity index (χ3v) is 4.98.